The summed E-state index contributed by atoms with van der Waals surface area (Å²) in [5.74, 6) is -1.04. The highest BCUT2D eigenvalue weighted by atomic mass is 32.2. The number of aromatic nitrogens is 1. The number of hydrogen-bond acceptors (Lipinski definition) is 5. The van der Waals surface area contributed by atoms with Gasteiger partial charge in [-0.2, -0.15) is 4.31 Å². The van der Waals surface area contributed by atoms with Gasteiger partial charge in [0.15, 0.2) is 0 Å². The second-order valence-electron chi connectivity index (χ2n) is 6.94. The van der Waals surface area contributed by atoms with Crippen molar-refractivity contribution in [1.29, 1.82) is 0 Å². The lowest BCUT2D eigenvalue weighted by Gasteiger charge is -2.30. The number of primary amides is 1. The summed E-state index contributed by atoms with van der Waals surface area (Å²) in [5.41, 5.74) is 6.13. The van der Waals surface area contributed by atoms with Crippen molar-refractivity contribution in [2.45, 2.75) is 22.6 Å². The van der Waals surface area contributed by atoms with Crippen molar-refractivity contribution in [2.75, 3.05) is 24.7 Å². The number of aryl methyl sites for hydroxylation is 1. The minimum atomic E-state index is -3.74. The average molecular weight is 437 g/mol. The normalized spacial score (nSPS) is 15.9. The summed E-state index contributed by atoms with van der Waals surface area (Å²) < 4.78 is 28.5. The van der Waals surface area contributed by atoms with Gasteiger partial charge >= 0.3 is 0 Å². The molecule has 0 radical (unpaired) electrons. The van der Waals surface area contributed by atoms with Crippen LogP contribution in [0.3, 0.4) is 0 Å². The maximum absolute atomic E-state index is 12.9. The van der Waals surface area contributed by atoms with E-state index in [9.17, 15) is 18.0 Å². The molecule has 0 atom stereocenters. The van der Waals surface area contributed by atoms with Gasteiger partial charge in [0, 0.05) is 42.8 Å². The third kappa shape index (κ3) is 4.65. The van der Waals surface area contributed by atoms with Crippen LogP contribution in [0.5, 0.6) is 0 Å². The van der Waals surface area contributed by atoms with Crippen molar-refractivity contribution in [2.24, 2.45) is 18.7 Å². The first-order chi connectivity index (χ1) is 13.7. The second kappa shape index (κ2) is 8.60. The number of thioether (sulfide) groups is 1. The molecule has 29 heavy (non-hydrogen) atoms. The van der Waals surface area contributed by atoms with E-state index in [4.69, 9.17) is 5.73 Å². The van der Waals surface area contributed by atoms with Crippen molar-refractivity contribution >= 4 is 39.3 Å². The minimum absolute atomic E-state index is 0.0329. The third-order valence-corrected chi connectivity index (χ3v) is 7.62. The van der Waals surface area contributed by atoms with Crippen LogP contribution in [0.2, 0.25) is 0 Å². The zero-order chi connectivity index (χ0) is 21.2. The summed E-state index contributed by atoms with van der Waals surface area (Å²) in [5, 5.41) is 2.92. The Morgan fingerprint density at radius 2 is 1.90 bits per heavy atom. The van der Waals surface area contributed by atoms with E-state index in [-0.39, 0.29) is 35.5 Å². The molecule has 1 aliphatic rings. The van der Waals surface area contributed by atoms with E-state index in [2.05, 4.69) is 5.32 Å². The molecule has 3 rings (SSSR count). The molecule has 10 heteroatoms. The van der Waals surface area contributed by atoms with Crippen LogP contribution in [0.25, 0.3) is 0 Å². The van der Waals surface area contributed by atoms with E-state index in [1.807, 2.05) is 30.5 Å². The Morgan fingerprint density at radius 1 is 1.21 bits per heavy atom. The number of nitrogens with one attached hydrogen (secondary N) is 1. The Labute approximate surface area is 174 Å². The molecule has 1 aromatic carbocycles. The van der Waals surface area contributed by atoms with Crippen LogP contribution < -0.4 is 11.1 Å². The Bertz CT molecular complexity index is 1020. The fourth-order valence-corrected chi connectivity index (χ4v) is 5.37. The quantitative estimate of drug-likeness (QED) is 0.671. The maximum Gasteiger partial charge on any atom is 0.265 e. The molecule has 0 spiro atoms. The van der Waals surface area contributed by atoms with Crippen LogP contribution in [-0.4, -0.2) is 48.4 Å². The van der Waals surface area contributed by atoms with Crippen LogP contribution in [0, 0.1) is 5.92 Å². The molecule has 1 aliphatic heterocycles. The third-order valence-electron chi connectivity index (χ3n) is 5.03. The van der Waals surface area contributed by atoms with Gasteiger partial charge in [-0.25, -0.2) is 8.42 Å². The fourth-order valence-electron chi connectivity index (χ4n) is 3.37. The Balaban J connectivity index is 1.64. The Morgan fingerprint density at radius 3 is 2.48 bits per heavy atom. The number of hydrogen-bond donors (Lipinski definition) is 2. The highest BCUT2D eigenvalue weighted by molar-refractivity contribution is 7.98. The van der Waals surface area contributed by atoms with Crippen molar-refractivity contribution in [1.82, 2.24) is 8.87 Å². The smallest absolute Gasteiger partial charge is 0.265 e. The number of nitrogens with zero attached hydrogens (tertiary/aromatic N) is 2. The molecule has 2 aromatic rings. The molecule has 2 heterocycles. The van der Waals surface area contributed by atoms with Gasteiger partial charge in [0.1, 0.15) is 10.6 Å². The molecule has 1 saturated heterocycles. The molecular weight excluding hydrogens is 412 g/mol. The first-order valence-corrected chi connectivity index (χ1v) is 11.8. The lowest BCUT2D eigenvalue weighted by Crippen LogP contribution is -2.41. The fraction of sp³-hybridized carbons (Fsp3) is 0.368. The molecule has 0 saturated carbocycles. The molecule has 1 fully saturated rings. The molecule has 8 nitrogen and oxygen atoms in total. The first kappa shape index (κ1) is 21.4. The van der Waals surface area contributed by atoms with Gasteiger partial charge in [-0.1, -0.05) is 6.07 Å². The SMILES string of the molecule is CSc1cccc(NC(=O)C2CCN(S(=O)(=O)c3cc(C(N)=O)n(C)c3)CC2)c1. The average Bonchev–Trinajstić information content (AvgIpc) is 3.11. The number of rotatable bonds is 6. The largest absolute Gasteiger partial charge is 0.364 e. The molecule has 1 aromatic heterocycles. The molecular formula is C19H24N4O4S2. The standard InChI is InChI=1S/C19H24N4O4S2/c1-22-12-16(11-17(22)18(20)24)29(26,27)23-8-6-13(7-9-23)19(25)21-14-4-3-5-15(10-14)28-2/h3-5,10-13H,6-9H2,1-2H3,(H2,20,24)(H,21,25). The Kier molecular flexibility index (Phi) is 6.35. The zero-order valence-corrected chi connectivity index (χ0v) is 17.9. The van der Waals surface area contributed by atoms with Gasteiger partial charge in [0.2, 0.25) is 15.9 Å². The minimum Gasteiger partial charge on any atom is -0.364 e. The molecule has 156 valence electrons. The lowest BCUT2D eigenvalue weighted by molar-refractivity contribution is -0.120. The zero-order valence-electron chi connectivity index (χ0n) is 16.3. The topological polar surface area (TPSA) is 114 Å². The van der Waals surface area contributed by atoms with E-state index in [0.29, 0.717) is 12.8 Å². The summed E-state index contributed by atoms with van der Waals surface area (Å²) in [6, 6.07) is 8.89. The van der Waals surface area contributed by atoms with Gasteiger partial charge in [0.05, 0.1) is 0 Å². The van der Waals surface area contributed by atoms with Crippen molar-refractivity contribution in [3.05, 3.63) is 42.2 Å². The predicted octanol–water partition coefficient (Wildman–Crippen LogP) is 1.89. The van der Waals surface area contributed by atoms with Crippen LogP contribution in [0.4, 0.5) is 5.69 Å². The summed E-state index contributed by atoms with van der Waals surface area (Å²) in [7, 11) is -2.17. The summed E-state index contributed by atoms with van der Waals surface area (Å²) in [6.07, 6.45) is 4.22. The van der Waals surface area contributed by atoms with E-state index < -0.39 is 15.9 Å². The molecule has 0 bridgehead atoms. The van der Waals surface area contributed by atoms with E-state index >= 15 is 0 Å². The van der Waals surface area contributed by atoms with Gasteiger partial charge in [-0.05, 0) is 43.4 Å². The second-order valence-corrected chi connectivity index (χ2v) is 9.75. The van der Waals surface area contributed by atoms with Crippen LogP contribution in [0.15, 0.2) is 46.3 Å². The van der Waals surface area contributed by atoms with Crippen LogP contribution >= 0.6 is 11.8 Å². The predicted molar refractivity (Wildman–Crippen MR) is 112 cm³/mol. The van der Waals surface area contributed by atoms with Crippen LogP contribution in [-0.2, 0) is 21.9 Å². The van der Waals surface area contributed by atoms with Crippen molar-refractivity contribution in [3.8, 4) is 0 Å². The molecule has 0 unspecified atom stereocenters. The van der Waals surface area contributed by atoms with Gasteiger partial charge in [-0.3, -0.25) is 9.59 Å². The van der Waals surface area contributed by atoms with E-state index in [1.165, 1.54) is 21.1 Å². The number of anilines is 1. The highest BCUT2D eigenvalue weighted by Crippen LogP contribution is 2.26. The number of carbonyl (C=O) groups is 2. The number of amides is 2. The van der Waals surface area contributed by atoms with Gasteiger partial charge in [-0.15, -0.1) is 11.8 Å². The van der Waals surface area contributed by atoms with Crippen molar-refractivity contribution in [3.63, 3.8) is 0 Å². The van der Waals surface area contributed by atoms with Gasteiger partial charge in [0.25, 0.3) is 5.91 Å². The van der Waals surface area contributed by atoms with Crippen LogP contribution in [0.1, 0.15) is 23.3 Å². The van der Waals surface area contributed by atoms with Crippen molar-refractivity contribution < 1.29 is 18.0 Å². The maximum atomic E-state index is 12.9. The molecule has 0 aliphatic carbocycles. The number of nitrogens with two attached hydrogens (primary N) is 1. The van der Waals surface area contributed by atoms with E-state index in [0.717, 1.165) is 10.6 Å². The van der Waals surface area contributed by atoms with Gasteiger partial charge < -0.3 is 15.6 Å². The number of benzene rings is 1. The number of carbonyl (C=O) groups excluding carboxylic acids is 2. The highest BCUT2D eigenvalue weighted by Gasteiger charge is 2.33. The lowest BCUT2D eigenvalue weighted by atomic mass is 9.97. The summed E-state index contributed by atoms with van der Waals surface area (Å²) in [6.45, 7) is 0.484. The number of sulfonamides is 1. The summed E-state index contributed by atoms with van der Waals surface area (Å²) in [4.78, 5) is 25.1. The monoisotopic (exact) mass is 436 g/mol. The first-order valence-electron chi connectivity index (χ1n) is 9.13. The molecule has 2 amide bonds. The molecule has 3 N–H and O–H groups in total. The summed E-state index contributed by atoms with van der Waals surface area (Å²) >= 11 is 1.60. The van der Waals surface area contributed by atoms with E-state index in [1.54, 1.807) is 18.8 Å². The number of piperidine rings is 1. The Hall–Kier alpha value is -2.30.